The number of nitrogens with two attached hydrogens (primary N) is 2. The third-order valence-corrected chi connectivity index (χ3v) is 3.23. The van der Waals surface area contributed by atoms with Crippen molar-refractivity contribution >= 4 is 11.9 Å². The predicted octanol–water partition coefficient (Wildman–Crippen LogP) is 0.0982. The van der Waals surface area contributed by atoms with Crippen molar-refractivity contribution in [2.24, 2.45) is 11.5 Å². The van der Waals surface area contributed by atoms with E-state index in [2.05, 4.69) is 0 Å². The monoisotopic (exact) mass is 302 g/mol. The summed E-state index contributed by atoms with van der Waals surface area (Å²) in [5.41, 5.74) is 10.6. The van der Waals surface area contributed by atoms with Gasteiger partial charge < -0.3 is 25.7 Å². The van der Waals surface area contributed by atoms with E-state index in [-0.39, 0.29) is 37.4 Å². The molecule has 0 amide bonds. The molecule has 1 rings (SSSR count). The molecule has 0 saturated carbocycles. The summed E-state index contributed by atoms with van der Waals surface area (Å²) in [6, 6.07) is 0. The summed E-state index contributed by atoms with van der Waals surface area (Å²) in [4.78, 5) is 22.7. The molecule has 1 heterocycles. The molecule has 122 valence electrons. The van der Waals surface area contributed by atoms with Crippen molar-refractivity contribution in [1.29, 1.82) is 0 Å². The second-order valence-electron chi connectivity index (χ2n) is 5.11. The Hall–Kier alpha value is -1.18. The lowest BCUT2D eigenvalue weighted by Crippen LogP contribution is -2.23. The van der Waals surface area contributed by atoms with Crippen LogP contribution in [0.1, 0.15) is 38.5 Å². The molecule has 0 aromatic carbocycles. The number of esters is 2. The molecule has 0 unspecified atom stereocenters. The van der Waals surface area contributed by atoms with E-state index in [0.717, 1.165) is 12.8 Å². The minimum atomic E-state index is -0.249. The van der Waals surface area contributed by atoms with Crippen molar-refractivity contribution in [2.75, 3.05) is 26.3 Å². The molecule has 0 spiro atoms. The Balaban J connectivity index is 2.09. The number of rotatable bonds is 10. The summed E-state index contributed by atoms with van der Waals surface area (Å²) in [5, 5.41) is 0. The summed E-state index contributed by atoms with van der Waals surface area (Å²) in [6.07, 6.45) is 3.32. The van der Waals surface area contributed by atoms with Gasteiger partial charge in [0.2, 0.25) is 0 Å². The van der Waals surface area contributed by atoms with Gasteiger partial charge in [0.05, 0.1) is 12.2 Å². The van der Waals surface area contributed by atoms with E-state index in [9.17, 15) is 9.59 Å². The average Bonchev–Trinajstić information content (AvgIpc) is 2.94. The molecule has 1 saturated heterocycles. The zero-order valence-corrected chi connectivity index (χ0v) is 12.4. The molecular formula is C14H26N2O5. The van der Waals surface area contributed by atoms with Crippen LogP contribution in [0.25, 0.3) is 0 Å². The smallest absolute Gasteiger partial charge is 0.305 e. The SMILES string of the molecule is NCCCC(=O)OC[C@@H]1CC[C@@H](COC(=O)CCCN)O1. The second-order valence-corrected chi connectivity index (χ2v) is 5.11. The third-order valence-electron chi connectivity index (χ3n) is 3.23. The Morgan fingerprint density at radius 3 is 1.71 bits per heavy atom. The van der Waals surface area contributed by atoms with Crippen molar-refractivity contribution in [3.63, 3.8) is 0 Å². The Morgan fingerprint density at radius 1 is 0.905 bits per heavy atom. The highest BCUT2D eigenvalue weighted by atomic mass is 16.6. The number of carbonyl (C=O) groups is 2. The summed E-state index contributed by atoms with van der Waals surface area (Å²) < 4.78 is 15.9. The van der Waals surface area contributed by atoms with Crippen molar-refractivity contribution in [3.8, 4) is 0 Å². The van der Waals surface area contributed by atoms with Gasteiger partial charge in [-0.15, -0.1) is 0 Å². The zero-order chi connectivity index (χ0) is 15.5. The standard InChI is InChI=1S/C14H26N2O5/c15-7-1-3-13(17)19-9-11-5-6-12(21-11)10-20-14(18)4-2-8-16/h11-12H,1-10,15-16H2/t11-,12-/m0/s1. The Kier molecular flexibility index (Phi) is 8.96. The van der Waals surface area contributed by atoms with Crippen molar-refractivity contribution < 1.29 is 23.8 Å². The Labute approximate surface area is 125 Å². The fourth-order valence-corrected chi connectivity index (χ4v) is 2.03. The van der Waals surface area contributed by atoms with Crippen LogP contribution in [0.2, 0.25) is 0 Å². The topological polar surface area (TPSA) is 114 Å². The van der Waals surface area contributed by atoms with Gasteiger partial charge in [-0.1, -0.05) is 0 Å². The van der Waals surface area contributed by atoms with Gasteiger partial charge in [0, 0.05) is 12.8 Å². The molecule has 1 aliphatic heterocycles. The number of carbonyl (C=O) groups excluding carboxylic acids is 2. The molecular weight excluding hydrogens is 276 g/mol. The van der Waals surface area contributed by atoms with E-state index >= 15 is 0 Å². The van der Waals surface area contributed by atoms with E-state index in [4.69, 9.17) is 25.7 Å². The van der Waals surface area contributed by atoms with Gasteiger partial charge in [-0.25, -0.2) is 0 Å². The Morgan fingerprint density at radius 2 is 1.33 bits per heavy atom. The van der Waals surface area contributed by atoms with E-state index < -0.39 is 0 Å². The van der Waals surface area contributed by atoms with Crippen molar-refractivity contribution in [2.45, 2.75) is 50.7 Å². The fourth-order valence-electron chi connectivity index (χ4n) is 2.03. The second kappa shape index (κ2) is 10.5. The third kappa shape index (κ3) is 7.99. The molecule has 2 atom stereocenters. The molecule has 7 nitrogen and oxygen atoms in total. The first-order chi connectivity index (χ1) is 10.2. The quantitative estimate of drug-likeness (QED) is 0.550. The maximum Gasteiger partial charge on any atom is 0.305 e. The van der Waals surface area contributed by atoms with Crippen molar-refractivity contribution in [3.05, 3.63) is 0 Å². The van der Waals surface area contributed by atoms with Crippen LogP contribution >= 0.6 is 0 Å². The highest BCUT2D eigenvalue weighted by Gasteiger charge is 2.27. The predicted molar refractivity (Wildman–Crippen MR) is 76.4 cm³/mol. The van der Waals surface area contributed by atoms with Crippen LogP contribution in [0.4, 0.5) is 0 Å². The number of hydrogen-bond donors (Lipinski definition) is 2. The normalized spacial score (nSPS) is 21.2. The average molecular weight is 302 g/mol. The Bertz CT molecular complexity index is 294. The van der Waals surface area contributed by atoms with Crippen LogP contribution in [0.3, 0.4) is 0 Å². The summed E-state index contributed by atoms with van der Waals surface area (Å²) >= 11 is 0. The van der Waals surface area contributed by atoms with Gasteiger partial charge in [-0.2, -0.15) is 0 Å². The lowest BCUT2D eigenvalue weighted by Gasteiger charge is -2.14. The highest BCUT2D eigenvalue weighted by molar-refractivity contribution is 5.69. The van der Waals surface area contributed by atoms with Gasteiger partial charge >= 0.3 is 11.9 Å². The van der Waals surface area contributed by atoms with Gasteiger partial charge in [0.15, 0.2) is 0 Å². The maximum atomic E-state index is 11.3. The van der Waals surface area contributed by atoms with E-state index in [0.29, 0.717) is 38.8 Å². The van der Waals surface area contributed by atoms with Gasteiger partial charge in [0.25, 0.3) is 0 Å². The molecule has 0 radical (unpaired) electrons. The van der Waals surface area contributed by atoms with E-state index in [1.807, 2.05) is 0 Å². The first-order valence-corrected chi connectivity index (χ1v) is 7.52. The van der Waals surface area contributed by atoms with Crippen LogP contribution < -0.4 is 11.5 Å². The van der Waals surface area contributed by atoms with Crippen LogP contribution in [0.5, 0.6) is 0 Å². The van der Waals surface area contributed by atoms with Crippen LogP contribution in [0, 0.1) is 0 Å². The molecule has 1 aliphatic rings. The molecule has 7 heteroatoms. The lowest BCUT2D eigenvalue weighted by molar-refractivity contribution is -0.150. The van der Waals surface area contributed by atoms with Gasteiger partial charge in [-0.05, 0) is 38.8 Å². The molecule has 0 bridgehead atoms. The summed E-state index contributed by atoms with van der Waals surface area (Å²) in [5.74, 6) is -0.499. The summed E-state index contributed by atoms with van der Waals surface area (Å²) in [7, 11) is 0. The molecule has 0 aromatic rings. The van der Waals surface area contributed by atoms with Crippen LogP contribution in [0.15, 0.2) is 0 Å². The molecule has 0 aliphatic carbocycles. The molecule has 1 fully saturated rings. The van der Waals surface area contributed by atoms with Gasteiger partial charge in [-0.3, -0.25) is 9.59 Å². The molecule has 4 N–H and O–H groups in total. The van der Waals surface area contributed by atoms with Crippen LogP contribution in [-0.4, -0.2) is 50.4 Å². The zero-order valence-electron chi connectivity index (χ0n) is 12.4. The summed E-state index contributed by atoms with van der Waals surface area (Å²) in [6.45, 7) is 1.46. The molecule has 21 heavy (non-hydrogen) atoms. The van der Waals surface area contributed by atoms with Gasteiger partial charge in [0.1, 0.15) is 13.2 Å². The van der Waals surface area contributed by atoms with Crippen LogP contribution in [-0.2, 0) is 23.8 Å². The first kappa shape index (κ1) is 17.9. The van der Waals surface area contributed by atoms with E-state index in [1.165, 1.54) is 0 Å². The fraction of sp³-hybridized carbons (Fsp3) is 0.857. The number of hydrogen-bond acceptors (Lipinski definition) is 7. The highest BCUT2D eigenvalue weighted by Crippen LogP contribution is 2.20. The first-order valence-electron chi connectivity index (χ1n) is 7.52. The minimum absolute atomic E-state index is 0.112. The number of ether oxygens (including phenoxy) is 3. The lowest BCUT2D eigenvalue weighted by atomic mass is 10.2. The minimum Gasteiger partial charge on any atom is -0.463 e. The van der Waals surface area contributed by atoms with Crippen molar-refractivity contribution in [1.82, 2.24) is 0 Å². The van der Waals surface area contributed by atoms with E-state index in [1.54, 1.807) is 0 Å². The molecule has 0 aromatic heterocycles. The largest absolute Gasteiger partial charge is 0.463 e. The maximum absolute atomic E-state index is 11.3.